The van der Waals surface area contributed by atoms with E-state index in [0.717, 1.165) is 16.7 Å². The quantitative estimate of drug-likeness (QED) is 0.503. The summed E-state index contributed by atoms with van der Waals surface area (Å²) in [5.41, 5.74) is 3.44. The molecule has 1 N–H and O–H groups in total. The Balaban J connectivity index is 1.28. The second-order valence-electron chi connectivity index (χ2n) is 8.04. The number of amides is 1. The monoisotopic (exact) mass is 478 g/mol. The molecule has 0 aromatic heterocycles. The lowest BCUT2D eigenvalue weighted by molar-refractivity contribution is -0.124. The van der Waals surface area contributed by atoms with E-state index in [1.807, 2.05) is 54.6 Å². The van der Waals surface area contributed by atoms with Gasteiger partial charge in [0.1, 0.15) is 0 Å². The number of fused-ring (bicyclic) bond motifs is 1. The largest absolute Gasteiger partial charge is 0.452 e. The molecule has 176 valence electrons. The van der Waals surface area contributed by atoms with Gasteiger partial charge in [-0.05, 0) is 53.8 Å². The lowest BCUT2D eigenvalue weighted by Crippen LogP contribution is -2.35. The number of nitrogens with zero attached hydrogens (tertiary/aromatic N) is 1. The van der Waals surface area contributed by atoms with E-state index < -0.39 is 28.5 Å². The van der Waals surface area contributed by atoms with Crippen LogP contribution in [0, 0.1) is 0 Å². The number of esters is 1. The van der Waals surface area contributed by atoms with Crippen LogP contribution in [0.4, 0.5) is 0 Å². The average molecular weight is 479 g/mol. The molecule has 8 heteroatoms. The summed E-state index contributed by atoms with van der Waals surface area (Å²) in [5.74, 6) is -1.08. The van der Waals surface area contributed by atoms with Crippen LogP contribution in [0.1, 0.15) is 27.0 Å². The molecule has 0 radical (unpaired) electrons. The number of nitrogens with one attached hydrogen (secondary N) is 1. The Morgan fingerprint density at radius 3 is 2.29 bits per heavy atom. The Morgan fingerprint density at radius 2 is 1.56 bits per heavy atom. The number of benzene rings is 3. The minimum Gasteiger partial charge on any atom is -0.452 e. The fourth-order valence-corrected chi connectivity index (χ4v) is 5.26. The molecule has 1 aliphatic rings. The van der Waals surface area contributed by atoms with Gasteiger partial charge in [0.25, 0.3) is 5.91 Å². The summed E-state index contributed by atoms with van der Waals surface area (Å²) in [6.45, 7) is 0.763. The summed E-state index contributed by atoms with van der Waals surface area (Å²) in [5, 5.41) is 2.71. The molecule has 0 saturated heterocycles. The molecule has 1 heterocycles. The van der Waals surface area contributed by atoms with Crippen LogP contribution in [0.3, 0.4) is 0 Å². The summed E-state index contributed by atoms with van der Waals surface area (Å²) >= 11 is 0. The van der Waals surface area contributed by atoms with Gasteiger partial charge in [-0.1, -0.05) is 54.6 Å². The van der Waals surface area contributed by atoms with Crippen LogP contribution in [0.25, 0.3) is 0 Å². The van der Waals surface area contributed by atoms with Gasteiger partial charge in [0.05, 0.1) is 10.5 Å². The van der Waals surface area contributed by atoms with E-state index in [9.17, 15) is 18.0 Å². The Morgan fingerprint density at radius 1 is 0.882 bits per heavy atom. The van der Waals surface area contributed by atoms with Crippen molar-refractivity contribution in [1.29, 1.82) is 0 Å². The van der Waals surface area contributed by atoms with E-state index >= 15 is 0 Å². The van der Waals surface area contributed by atoms with Gasteiger partial charge in [-0.2, -0.15) is 4.31 Å². The van der Waals surface area contributed by atoms with Crippen LogP contribution in [-0.4, -0.2) is 44.3 Å². The summed E-state index contributed by atoms with van der Waals surface area (Å²) in [4.78, 5) is 24.3. The molecule has 3 aromatic rings. The fourth-order valence-electron chi connectivity index (χ4n) is 3.84. The Bertz CT molecular complexity index is 1260. The third kappa shape index (κ3) is 5.70. The van der Waals surface area contributed by atoms with E-state index in [0.29, 0.717) is 32.5 Å². The number of carbonyl (C=O) groups is 2. The molecule has 0 aliphatic carbocycles. The number of hydrogen-bond donors (Lipinski definition) is 1. The van der Waals surface area contributed by atoms with Gasteiger partial charge in [-0.3, -0.25) is 4.79 Å². The highest BCUT2D eigenvalue weighted by molar-refractivity contribution is 7.89. The molecule has 4 rings (SSSR count). The third-order valence-electron chi connectivity index (χ3n) is 5.74. The predicted octanol–water partition coefficient (Wildman–Crippen LogP) is 2.95. The Hall–Kier alpha value is -3.49. The van der Waals surface area contributed by atoms with Gasteiger partial charge in [0.2, 0.25) is 10.0 Å². The zero-order valence-electron chi connectivity index (χ0n) is 18.6. The van der Waals surface area contributed by atoms with Crippen LogP contribution >= 0.6 is 0 Å². The second kappa shape index (κ2) is 10.6. The van der Waals surface area contributed by atoms with Gasteiger partial charge in [-0.15, -0.1) is 0 Å². The van der Waals surface area contributed by atoms with E-state index in [1.165, 1.54) is 28.6 Å². The summed E-state index contributed by atoms with van der Waals surface area (Å²) in [6.07, 6.45) is 1.34. The highest BCUT2D eigenvalue weighted by Gasteiger charge is 2.28. The van der Waals surface area contributed by atoms with E-state index in [4.69, 9.17) is 4.74 Å². The molecule has 34 heavy (non-hydrogen) atoms. The highest BCUT2D eigenvalue weighted by atomic mass is 32.2. The SMILES string of the molecule is O=C(COC(=O)c1ccc(S(=O)(=O)N2CCc3ccccc3C2)cc1)NCCc1ccccc1. The maximum Gasteiger partial charge on any atom is 0.338 e. The van der Waals surface area contributed by atoms with Gasteiger partial charge < -0.3 is 10.1 Å². The van der Waals surface area contributed by atoms with Crippen LogP contribution in [-0.2, 0) is 38.9 Å². The zero-order valence-corrected chi connectivity index (χ0v) is 19.5. The minimum absolute atomic E-state index is 0.113. The van der Waals surface area contributed by atoms with Crippen molar-refractivity contribution in [2.75, 3.05) is 19.7 Å². The minimum atomic E-state index is -3.69. The topological polar surface area (TPSA) is 92.8 Å². The van der Waals surface area contributed by atoms with E-state index in [2.05, 4.69) is 5.32 Å². The standard InChI is InChI=1S/C26H26N2O5S/c29-25(27-16-14-20-6-2-1-3-7-20)19-33-26(30)22-10-12-24(13-11-22)34(31,32)28-17-15-21-8-4-5-9-23(21)18-28/h1-13H,14-19H2,(H,27,29). The second-order valence-corrected chi connectivity index (χ2v) is 9.98. The molecule has 0 bridgehead atoms. The molecule has 1 amide bonds. The third-order valence-corrected chi connectivity index (χ3v) is 7.60. The van der Waals surface area contributed by atoms with Crippen LogP contribution in [0.15, 0.2) is 83.8 Å². The smallest absolute Gasteiger partial charge is 0.338 e. The molecule has 7 nitrogen and oxygen atoms in total. The Labute approximate surface area is 199 Å². The van der Waals surface area contributed by atoms with Crippen molar-refractivity contribution < 1.29 is 22.7 Å². The van der Waals surface area contributed by atoms with Crippen molar-refractivity contribution in [3.05, 3.63) is 101 Å². The van der Waals surface area contributed by atoms with Crippen LogP contribution in [0.5, 0.6) is 0 Å². The zero-order chi connectivity index (χ0) is 24.0. The van der Waals surface area contributed by atoms with Gasteiger partial charge >= 0.3 is 5.97 Å². The molecule has 0 saturated carbocycles. The number of carbonyl (C=O) groups excluding carboxylic acids is 2. The molecule has 0 unspecified atom stereocenters. The van der Waals surface area contributed by atoms with Crippen molar-refractivity contribution in [1.82, 2.24) is 9.62 Å². The lowest BCUT2D eigenvalue weighted by Gasteiger charge is -2.28. The first kappa shape index (κ1) is 23.7. The molecular weight excluding hydrogens is 452 g/mol. The van der Waals surface area contributed by atoms with Crippen LogP contribution in [0.2, 0.25) is 0 Å². The maximum absolute atomic E-state index is 13.1. The molecule has 3 aromatic carbocycles. The van der Waals surface area contributed by atoms with Gasteiger partial charge in [0, 0.05) is 19.6 Å². The number of ether oxygens (including phenoxy) is 1. The van der Waals surface area contributed by atoms with Crippen LogP contribution < -0.4 is 5.32 Å². The van der Waals surface area contributed by atoms with Crippen molar-refractivity contribution in [2.24, 2.45) is 0 Å². The predicted molar refractivity (Wildman–Crippen MR) is 128 cm³/mol. The van der Waals surface area contributed by atoms with E-state index in [1.54, 1.807) is 0 Å². The molecule has 0 fully saturated rings. The molecular formula is C26H26N2O5S. The maximum atomic E-state index is 13.1. The normalized spacial score (nSPS) is 13.6. The summed E-state index contributed by atoms with van der Waals surface area (Å²) < 4.78 is 32.6. The summed E-state index contributed by atoms with van der Waals surface area (Å²) in [6, 6.07) is 23.1. The first-order valence-electron chi connectivity index (χ1n) is 11.1. The van der Waals surface area contributed by atoms with Crippen molar-refractivity contribution in [2.45, 2.75) is 24.3 Å². The number of rotatable bonds is 8. The first-order chi connectivity index (χ1) is 16.4. The molecule has 1 aliphatic heterocycles. The van der Waals surface area contributed by atoms with Gasteiger partial charge in [0.15, 0.2) is 6.61 Å². The number of hydrogen-bond acceptors (Lipinski definition) is 5. The molecule has 0 atom stereocenters. The first-order valence-corrected chi connectivity index (χ1v) is 12.5. The lowest BCUT2D eigenvalue weighted by atomic mass is 10.0. The number of sulfonamides is 1. The average Bonchev–Trinajstić information content (AvgIpc) is 2.87. The van der Waals surface area contributed by atoms with Crippen molar-refractivity contribution >= 4 is 21.9 Å². The van der Waals surface area contributed by atoms with Crippen molar-refractivity contribution in [3.8, 4) is 0 Å². The van der Waals surface area contributed by atoms with E-state index in [-0.39, 0.29) is 10.5 Å². The Kier molecular flexibility index (Phi) is 7.40. The summed E-state index contributed by atoms with van der Waals surface area (Å²) in [7, 11) is -3.69. The highest BCUT2D eigenvalue weighted by Crippen LogP contribution is 2.25. The van der Waals surface area contributed by atoms with Crippen molar-refractivity contribution in [3.63, 3.8) is 0 Å². The van der Waals surface area contributed by atoms with Gasteiger partial charge in [-0.25, -0.2) is 13.2 Å². The molecule has 0 spiro atoms. The fraction of sp³-hybridized carbons (Fsp3) is 0.231.